The van der Waals surface area contributed by atoms with Crippen LogP contribution in [0.4, 0.5) is 16.2 Å². The molecule has 6 nitrogen and oxygen atoms in total. The minimum absolute atomic E-state index is 0.0351. The van der Waals surface area contributed by atoms with Crippen molar-refractivity contribution >= 4 is 29.0 Å². The fraction of sp³-hybridized carbons (Fsp3) is 0.400. The minimum atomic E-state index is -0.588. The number of amides is 2. The maximum Gasteiger partial charge on any atom is 0.323 e. The molecule has 2 N–H and O–H groups in total. The molecule has 0 bridgehead atoms. The molecule has 1 aliphatic rings. The first-order chi connectivity index (χ1) is 10.5. The van der Waals surface area contributed by atoms with Gasteiger partial charge in [0.1, 0.15) is 5.02 Å². The number of urea groups is 1. The van der Waals surface area contributed by atoms with Crippen molar-refractivity contribution in [1.29, 1.82) is 0 Å². The van der Waals surface area contributed by atoms with Crippen LogP contribution in [0.25, 0.3) is 0 Å². The summed E-state index contributed by atoms with van der Waals surface area (Å²) >= 11 is 5.72. The van der Waals surface area contributed by atoms with E-state index in [0.717, 1.165) is 18.4 Å². The number of carbonyl (C=O) groups is 1. The number of benzene rings is 1. The Hall–Kier alpha value is -2.08. The summed E-state index contributed by atoms with van der Waals surface area (Å²) in [6.07, 6.45) is 6.49. The molecule has 0 heterocycles. The monoisotopic (exact) mass is 323 g/mol. The van der Waals surface area contributed by atoms with Crippen LogP contribution in [0.3, 0.4) is 0 Å². The summed E-state index contributed by atoms with van der Waals surface area (Å²) in [4.78, 5) is 22.0. The third-order valence-corrected chi connectivity index (χ3v) is 4.15. The van der Waals surface area contributed by atoms with Crippen molar-refractivity contribution in [2.45, 2.75) is 32.6 Å². The summed E-state index contributed by atoms with van der Waals surface area (Å²) in [5.74, 6) is 0.539. The van der Waals surface area contributed by atoms with Crippen molar-refractivity contribution in [2.24, 2.45) is 5.92 Å². The molecule has 118 valence electrons. The van der Waals surface area contributed by atoms with Crippen LogP contribution in [0, 0.1) is 16.0 Å². The van der Waals surface area contributed by atoms with Gasteiger partial charge in [0.25, 0.3) is 5.69 Å². The number of carbonyl (C=O) groups excluding carboxylic acids is 1. The van der Waals surface area contributed by atoms with Crippen LogP contribution in [0.15, 0.2) is 30.0 Å². The Morgan fingerprint density at radius 2 is 2.09 bits per heavy atom. The normalized spacial score (nSPS) is 15.6. The van der Waals surface area contributed by atoms with Crippen LogP contribution < -0.4 is 10.6 Å². The molecule has 0 saturated heterocycles. The Morgan fingerprint density at radius 1 is 1.41 bits per heavy atom. The Bertz CT molecular complexity index is 610. The lowest BCUT2D eigenvalue weighted by molar-refractivity contribution is -0.384. The second-order valence-corrected chi connectivity index (χ2v) is 5.80. The summed E-state index contributed by atoms with van der Waals surface area (Å²) in [6, 6.07) is 3.70. The highest BCUT2D eigenvalue weighted by Crippen LogP contribution is 2.30. The Kier molecular flexibility index (Phi) is 5.38. The van der Waals surface area contributed by atoms with Crippen LogP contribution in [0.1, 0.15) is 32.6 Å². The van der Waals surface area contributed by atoms with E-state index in [4.69, 9.17) is 11.6 Å². The quantitative estimate of drug-likeness (QED) is 0.633. The highest BCUT2D eigenvalue weighted by molar-refractivity contribution is 6.32. The van der Waals surface area contributed by atoms with E-state index >= 15 is 0 Å². The second kappa shape index (κ2) is 7.26. The predicted octanol–water partition coefficient (Wildman–Crippen LogP) is 4.46. The number of nitrogens with zero attached hydrogens (tertiary/aromatic N) is 1. The number of nitrogens with one attached hydrogen (secondary N) is 2. The van der Waals surface area contributed by atoms with Gasteiger partial charge in [0.15, 0.2) is 0 Å². The lowest BCUT2D eigenvalue weighted by Gasteiger charge is -2.10. The molecule has 0 aromatic heterocycles. The van der Waals surface area contributed by atoms with Gasteiger partial charge in [0.2, 0.25) is 0 Å². The van der Waals surface area contributed by atoms with Crippen LogP contribution in [0.5, 0.6) is 0 Å². The molecule has 0 atom stereocenters. The number of hydrogen-bond acceptors (Lipinski definition) is 3. The van der Waals surface area contributed by atoms with Crippen LogP contribution in [0.2, 0.25) is 5.02 Å². The number of nitro benzene ring substituents is 1. The van der Waals surface area contributed by atoms with E-state index in [1.165, 1.54) is 31.0 Å². The Balaban J connectivity index is 1.95. The summed E-state index contributed by atoms with van der Waals surface area (Å²) in [6.45, 7) is 2.00. The van der Waals surface area contributed by atoms with Crippen LogP contribution in [-0.2, 0) is 0 Å². The van der Waals surface area contributed by atoms with Gasteiger partial charge in [-0.3, -0.25) is 10.1 Å². The lowest BCUT2D eigenvalue weighted by Crippen LogP contribution is -2.24. The maximum absolute atomic E-state index is 11.8. The van der Waals surface area contributed by atoms with Gasteiger partial charge in [-0.05, 0) is 37.8 Å². The van der Waals surface area contributed by atoms with Crippen LogP contribution >= 0.6 is 11.6 Å². The minimum Gasteiger partial charge on any atom is -0.314 e. The number of allylic oxidation sites excluding steroid dienone is 1. The van der Waals surface area contributed by atoms with Gasteiger partial charge in [-0.1, -0.05) is 30.0 Å². The van der Waals surface area contributed by atoms with Gasteiger partial charge in [0, 0.05) is 18.0 Å². The van der Waals surface area contributed by atoms with E-state index in [0.29, 0.717) is 11.6 Å². The first kappa shape index (κ1) is 16.3. The van der Waals surface area contributed by atoms with E-state index in [1.807, 2.05) is 6.92 Å². The highest BCUT2D eigenvalue weighted by atomic mass is 35.5. The van der Waals surface area contributed by atoms with Crippen LogP contribution in [-0.4, -0.2) is 11.0 Å². The smallest absolute Gasteiger partial charge is 0.314 e. The number of nitro groups is 1. The molecule has 2 rings (SSSR count). The van der Waals surface area contributed by atoms with E-state index < -0.39 is 11.0 Å². The third kappa shape index (κ3) is 4.21. The van der Waals surface area contributed by atoms with Crippen molar-refractivity contribution in [2.75, 3.05) is 5.32 Å². The van der Waals surface area contributed by atoms with Gasteiger partial charge in [-0.2, -0.15) is 0 Å². The number of halogens is 1. The number of hydrogen-bond donors (Lipinski definition) is 2. The van der Waals surface area contributed by atoms with Gasteiger partial charge in [0.05, 0.1) is 4.92 Å². The van der Waals surface area contributed by atoms with Crippen molar-refractivity contribution < 1.29 is 9.72 Å². The molecule has 2 amide bonds. The zero-order valence-electron chi connectivity index (χ0n) is 12.3. The molecule has 0 spiro atoms. The third-order valence-electron chi connectivity index (χ3n) is 3.83. The molecule has 0 unspecified atom stereocenters. The topological polar surface area (TPSA) is 84.3 Å². The van der Waals surface area contributed by atoms with Crippen molar-refractivity contribution in [3.8, 4) is 0 Å². The molecule has 1 fully saturated rings. The number of anilines is 1. The van der Waals surface area contributed by atoms with Crippen molar-refractivity contribution in [1.82, 2.24) is 5.32 Å². The van der Waals surface area contributed by atoms with E-state index in [9.17, 15) is 14.9 Å². The fourth-order valence-electron chi connectivity index (χ4n) is 2.58. The average Bonchev–Trinajstić information content (AvgIpc) is 3.01. The second-order valence-electron chi connectivity index (χ2n) is 5.39. The van der Waals surface area contributed by atoms with Gasteiger partial charge < -0.3 is 10.6 Å². The summed E-state index contributed by atoms with van der Waals surface area (Å²) in [7, 11) is 0. The molecule has 1 aliphatic carbocycles. The molecular formula is C15H18ClN3O3. The molecule has 1 saturated carbocycles. The van der Waals surface area contributed by atoms with Crippen molar-refractivity contribution in [3.05, 3.63) is 45.1 Å². The van der Waals surface area contributed by atoms with Gasteiger partial charge in [-0.25, -0.2) is 4.79 Å². The zero-order chi connectivity index (χ0) is 16.1. The largest absolute Gasteiger partial charge is 0.323 e. The first-order valence-electron chi connectivity index (χ1n) is 7.15. The lowest BCUT2D eigenvalue weighted by atomic mass is 10.0. The summed E-state index contributed by atoms with van der Waals surface area (Å²) in [5.41, 5.74) is 1.23. The van der Waals surface area contributed by atoms with E-state index in [2.05, 4.69) is 10.6 Å². The Labute approximate surface area is 133 Å². The predicted molar refractivity (Wildman–Crippen MR) is 86.0 cm³/mol. The average molecular weight is 324 g/mol. The molecule has 7 heteroatoms. The van der Waals surface area contributed by atoms with E-state index in [1.54, 1.807) is 6.20 Å². The molecule has 0 radical (unpaired) electrons. The Morgan fingerprint density at radius 3 is 2.73 bits per heavy atom. The zero-order valence-corrected chi connectivity index (χ0v) is 13.0. The summed E-state index contributed by atoms with van der Waals surface area (Å²) in [5, 5.41) is 16.0. The standard InChI is InChI=1S/C15H18ClN3O3/c1-10(11-4-2-3-5-11)9-17-15(20)18-12-6-7-13(16)14(8-12)19(21)22/h6-9,11H,2-5H2,1H3,(H2,17,18,20)/b10-9+. The molecular weight excluding hydrogens is 306 g/mol. The van der Waals surface area contributed by atoms with Crippen molar-refractivity contribution in [3.63, 3.8) is 0 Å². The number of rotatable bonds is 4. The first-order valence-corrected chi connectivity index (χ1v) is 7.53. The maximum atomic E-state index is 11.8. The summed E-state index contributed by atoms with van der Waals surface area (Å²) < 4.78 is 0. The highest BCUT2D eigenvalue weighted by Gasteiger charge is 2.17. The van der Waals surface area contributed by atoms with E-state index in [-0.39, 0.29) is 10.7 Å². The molecule has 0 aliphatic heterocycles. The molecule has 1 aromatic rings. The fourth-order valence-corrected chi connectivity index (χ4v) is 2.76. The van der Waals surface area contributed by atoms with Gasteiger partial charge in [-0.15, -0.1) is 0 Å². The molecule has 1 aromatic carbocycles. The van der Waals surface area contributed by atoms with Gasteiger partial charge >= 0.3 is 6.03 Å². The SMILES string of the molecule is C/C(=C\NC(=O)Nc1ccc(Cl)c([N+](=O)[O-])c1)C1CCCC1. The molecule has 22 heavy (non-hydrogen) atoms.